The zero-order chi connectivity index (χ0) is 26.3. The van der Waals surface area contributed by atoms with Crippen LogP contribution in [0.25, 0.3) is 22.3 Å². The molecule has 0 aliphatic carbocycles. The van der Waals surface area contributed by atoms with Crippen molar-refractivity contribution in [1.82, 2.24) is 0 Å². The van der Waals surface area contributed by atoms with Gasteiger partial charge in [-0.3, -0.25) is 4.79 Å². The van der Waals surface area contributed by atoms with E-state index in [0.717, 1.165) is 13.2 Å². The number of methoxy groups -OCH3 is 2. The number of phenols is 2. The number of phenolic OH excluding ortho intramolecular Hbond substituents is 2. The molecule has 2 aromatic carbocycles. The van der Waals surface area contributed by atoms with Crippen molar-refractivity contribution in [3.63, 3.8) is 0 Å². The highest BCUT2D eigenvalue weighted by Crippen LogP contribution is 2.45. The molecule has 13 nitrogen and oxygen atoms in total. The molecule has 13 heteroatoms. The Morgan fingerprint density at radius 2 is 1.64 bits per heavy atom. The fourth-order valence-electron chi connectivity index (χ4n) is 3.87. The van der Waals surface area contributed by atoms with Crippen LogP contribution in [0.1, 0.15) is 0 Å². The van der Waals surface area contributed by atoms with Gasteiger partial charge in [0.05, 0.1) is 20.8 Å². The monoisotopic (exact) mass is 508 g/mol. The average Bonchev–Trinajstić information content (AvgIpc) is 2.86. The van der Waals surface area contributed by atoms with Crippen molar-refractivity contribution in [2.45, 2.75) is 30.7 Å². The number of aromatic hydroxyl groups is 3. The van der Waals surface area contributed by atoms with Gasteiger partial charge in [0.1, 0.15) is 35.4 Å². The second-order valence-electron chi connectivity index (χ2n) is 7.94. The number of aliphatic hydroxyl groups is 4. The molecule has 194 valence electrons. The van der Waals surface area contributed by atoms with Crippen LogP contribution in [0.3, 0.4) is 0 Å². The van der Waals surface area contributed by atoms with Gasteiger partial charge in [0.25, 0.3) is 0 Å². The molecule has 3 aromatic rings. The Hall–Kier alpha value is -3.75. The van der Waals surface area contributed by atoms with Gasteiger partial charge in [-0.15, -0.1) is 0 Å². The fourth-order valence-corrected chi connectivity index (χ4v) is 3.87. The minimum Gasteiger partial charge on any atom is -0.504 e. The Balaban J connectivity index is 1.85. The van der Waals surface area contributed by atoms with Gasteiger partial charge in [-0.1, -0.05) is 0 Å². The molecule has 36 heavy (non-hydrogen) atoms. The van der Waals surface area contributed by atoms with E-state index in [9.17, 15) is 40.5 Å². The van der Waals surface area contributed by atoms with E-state index in [0.29, 0.717) is 0 Å². The summed E-state index contributed by atoms with van der Waals surface area (Å²) in [6.07, 6.45) is -8.01. The number of aliphatic hydroxyl groups excluding tert-OH is 4. The third kappa shape index (κ3) is 4.12. The standard InChI is InChI=1S/C23H24O13/c1-32-10-5-8(3-4-9(10)25)21-19(30)16(27)14-11(34-21)6-12(22(33-2)17(14)28)35-23-20(31)18(29)15(26)13(7-24)36-23/h3-6,13,15,18,20,23-26,28-31H,7H2,1-2H3/t13?,15-,18+,20?,23-/m1/s1. The molecule has 1 aliphatic rings. The van der Waals surface area contributed by atoms with E-state index in [2.05, 4.69) is 0 Å². The van der Waals surface area contributed by atoms with Crippen molar-refractivity contribution in [1.29, 1.82) is 0 Å². The summed E-state index contributed by atoms with van der Waals surface area (Å²) in [6, 6.07) is 5.05. The van der Waals surface area contributed by atoms with E-state index >= 15 is 0 Å². The van der Waals surface area contributed by atoms with Crippen LogP contribution in [-0.2, 0) is 4.74 Å². The van der Waals surface area contributed by atoms with Gasteiger partial charge >= 0.3 is 0 Å². The molecule has 0 amide bonds. The molecule has 0 bridgehead atoms. The minimum atomic E-state index is -1.77. The second-order valence-corrected chi connectivity index (χ2v) is 7.94. The van der Waals surface area contributed by atoms with Crippen LogP contribution in [0.15, 0.2) is 33.5 Å². The van der Waals surface area contributed by atoms with Gasteiger partial charge in [-0.05, 0) is 18.2 Å². The molecule has 7 N–H and O–H groups in total. The number of fused-ring (bicyclic) bond motifs is 1. The molecule has 0 spiro atoms. The van der Waals surface area contributed by atoms with Crippen molar-refractivity contribution >= 4 is 11.0 Å². The quantitative estimate of drug-likeness (QED) is 0.230. The van der Waals surface area contributed by atoms with Gasteiger partial charge in [-0.2, -0.15) is 0 Å². The summed E-state index contributed by atoms with van der Waals surface area (Å²) in [5.41, 5.74) is -1.11. The van der Waals surface area contributed by atoms with Gasteiger partial charge in [0.15, 0.2) is 28.8 Å². The lowest BCUT2D eigenvalue weighted by Crippen LogP contribution is -2.60. The third-order valence-electron chi connectivity index (χ3n) is 5.79. The van der Waals surface area contributed by atoms with Crippen LogP contribution in [0.4, 0.5) is 0 Å². The first-order chi connectivity index (χ1) is 17.1. The Morgan fingerprint density at radius 3 is 2.28 bits per heavy atom. The predicted molar refractivity (Wildman–Crippen MR) is 120 cm³/mol. The predicted octanol–water partition coefficient (Wildman–Crippen LogP) is -0.227. The summed E-state index contributed by atoms with van der Waals surface area (Å²) in [5.74, 6) is -2.74. The molecular weight excluding hydrogens is 484 g/mol. The number of hydrogen-bond donors (Lipinski definition) is 7. The number of hydrogen-bond acceptors (Lipinski definition) is 13. The summed E-state index contributed by atoms with van der Waals surface area (Å²) in [5, 5.41) is 70.3. The molecule has 5 atom stereocenters. The number of ether oxygens (including phenoxy) is 4. The van der Waals surface area contributed by atoms with Gasteiger partial charge in [0, 0.05) is 11.6 Å². The van der Waals surface area contributed by atoms with Crippen LogP contribution in [0.2, 0.25) is 0 Å². The number of benzene rings is 2. The van der Waals surface area contributed by atoms with E-state index in [-0.39, 0.29) is 39.9 Å². The van der Waals surface area contributed by atoms with Gasteiger partial charge in [0.2, 0.25) is 23.2 Å². The minimum absolute atomic E-state index is 0.0406. The zero-order valence-corrected chi connectivity index (χ0v) is 19.0. The Bertz CT molecular complexity index is 1330. The van der Waals surface area contributed by atoms with Crippen LogP contribution < -0.4 is 19.6 Å². The maximum atomic E-state index is 12.9. The van der Waals surface area contributed by atoms with E-state index in [1.54, 1.807) is 0 Å². The Labute approximate surface area is 202 Å². The molecule has 0 saturated carbocycles. The van der Waals surface area contributed by atoms with Crippen LogP contribution >= 0.6 is 0 Å². The SMILES string of the molecule is COc1cc(-c2oc3cc(O[C@@H]4OC(CO)[C@@H](O)[C@H](O)C4O)c(OC)c(O)c3c(=O)c2O)ccc1O. The summed E-state index contributed by atoms with van der Waals surface area (Å²) in [7, 11) is 2.46. The first kappa shape index (κ1) is 25.3. The average molecular weight is 508 g/mol. The molecule has 1 fully saturated rings. The summed E-state index contributed by atoms with van der Waals surface area (Å²) in [4.78, 5) is 12.9. The lowest BCUT2D eigenvalue weighted by atomic mass is 9.99. The highest BCUT2D eigenvalue weighted by atomic mass is 16.7. The summed E-state index contributed by atoms with van der Waals surface area (Å²) in [6.45, 7) is -0.696. The van der Waals surface area contributed by atoms with Crippen LogP contribution in [-0.4, -0.2) is 87.3 Å². The molecular formula is C23H24O13. The van der Waals surface area contributed by atoms with Crippen molar-refractivity contribution in [3.8, 4) is 45.8 Å². The van der Waals surface area contributed by atoms with Crippen molar-refractivity contribution in [3.05, 3.63) is 34.5 Å². The third-order valence-corrected chi connectivity index (χ3v) is 5.79. The second kappa shape index (κ2) is 9.72. The largest absolute Gasteiger partial charge is 0.504 e. The smallest absolute Gasteiger partial charge is 0.238 e. The molecule has 2 unspecified atom stereocenters. The maximum Gasteiger partial charge on any atom is 0.238 e. The lowest BCUT2D eigenvalue weighted by molar-refractivity contribution is -0.277. The fraction of sp³-hybridized carbons (Fsp3) is 0.348. The van der Waals surface area contributed by atoms with Crippen LogP contribution in [0.5, 0.6) is 34.5 Å². The highest BCUT2D eigenvalue weighted by molar-refractivity contribution is 5.91. The molecule has 4 rings (SSSR count). The molecule has 2 heterocycles. The summed E-state index contributed by atoms with van der Waals surface area (Å²) >= 11 is 0. The highest BCUT2D eigenvalue weighted by Gasteiger charge is 2.45. The molecule has 0 radical (unpaired) electrons. The van der Waals surface area contributed by atoms with Gasteiger partial charge in [-0.25, -0.2) is 0 Å². The molecule has 1 aliphatic heterocycles. The van der Waals surface area contributed by atoms with E-state index < -0.39 is 59.6 Å². The van der Waals surface area contributed by atoms with Crippen LogP contribution in [0, 0.1) is 0 Å². The van der Waals surface area contributed by atoms with E-state index in [1.165, 1.54) is 25.3 Å². The maximum absolute atomic E-state index is 12.9. The number of rotatable bonds is 6. The van der Waals surface area contributed by atoms with Crippen molar-refractivity contribution in [2.75, 3.05) is 20.8 Å². The van der Waals surface area contributed by atoms with E-state index in [1.807, 2.05) is 0 Å². The normalized spacial score (nSPS) is 24.0. The lowest BCUT2D eigenvalue weighted by Gasteiger charge is -2.39. The zero-order valence-electron chi connectivity index (χ0n) is 19.0. The Kier molecular flexibility index (Phi) is 6.84. The summed E-state index contributed by atoms with van der Waals surface area (Å²) < 4.78 is 26.8. The molecule has 1 aromatic heterocycles. The van der Waals surface area contributed by atoms with Gasteiger partial charge < -0.3 is 59.1 Å². The van der Waals surface area contributed by atoms with E-state index in [4.69, 9.17) is 23.4 Å². The Morgan fingerprint density at radius 1 is 0.917 bits per heavy atom. The van der Waals surface area contributed by atoms with Crippen molar-refractivity contribution in [2.24, 2.45) is 0 Å². The first-order valence-electron chi connectivity index (χ1n) is 10.6. The van der Waals surface area contributed by atoms with Crippen molar-refractivity contribution < 1.29 is 59.1 Å². The molecule has 1 saturated heterocycles. The topological polar surface area (TPSA) is 209 Å². The first-order valence-corrected chi connectivity index (χ1v) is 10.6.